The van der Waals surface area contributed by atoms with E-state index in [2.05, 4.69) is 5.48 Å². The molecule has 0 fully saturated rings. The molecule has 2 aromatic rings. The predicted octanol–water partition coefficient (Wildman–Crippen LogP) is 2.89. The van der Waals surface area contributed by atoms with Crippen LogP contribution >= 0.6 is 0 Å². The van der Waals surface area contributed by atoms with Crippen molar-refractivity contribution in [3.63, 3.8) is 0 Å². The van der Waals surface area contributed by atoms with E-state index in [0.29, 0.717) is 6.42 Å². The van der Waals surface area contributed by atoms with Crippen LogP contribution < -0.4 is 10.2 Å². The number of hydrogen-bond acceptors (Lipinski definition) is 3. The van der Waals surface area contributed by atoms with Gasteiger partial charge in [-0.05, 0) is 23.3 Å². The van der Waals surface area contributed by atoms with E-state index in [1.165, 1.54) is 7.11 Å². The molecule has 21 heavy (non-hydrogen) atoms. The van der Waals surface area contributed by atoms with E-state index < -0.39 is 0 Å². The number of carbonyl (C=O) groups excluding carboxylic acids is 1. The Kier molecular flexibility index (Phi) is 5.35. The number of hydroxylamine groups is 1. The number of rotatable bonds is 6. The Hall–Kier alpha value is -2.33. The lowest BCUT2D eigenvalue weighted by Gasteiger charge is -2.17. The van der Waals surface area contributed by atoms with Gasteiger partial charge in [-0.1, -0.05) is 42.5 Å². The summed E-state index contributed by atoms with van der Waals surface area (Å²) in [5.74, 6) is 0.626. The number of hydrogen-bond donors (Lipinski definition) is 1. The van der Waals surface area contributed by atoms with Crippen LogP contribution in [0, 0.1) is 0 Å². The number of amides is 1. The topological polar surface area (TPSA) is 47.6 Å². The Balaban J connectivity index is 2.28. The molecule has 0 aliphatic carbocycles. The summed E-state index contributed by atoms with van der Waals surface area (Å²) < 4.78 is 5.18. The van der Waals surface area contributed by atoms with E-state index in [4.69, 9.17) is 9.57 Å². The fraction of sp³-hybridized carbons (Fsp3) is 0.235. The third kappa shape index (κ3) is 4.07. The lowest BCUT2D eigenvalue weighted by Crippen LogP contribution is -2.24. The predicted molar refractivity (Wildman–Crippen MR) is 81.0 cm³/mol. The fourth-order valence-electron chi connectivity index (χ4n) is 2.29. The lowest BCUT2D eigenvalue weighted by molar-refractivity contribution is -0.131. The molecule has 0 radical (unpaired) electrons. The highest BCUT2D eigenvalue weighted by Gasteiger charge is 2.18. The SMILES string of the molecule is CONC(=O)CC(c1ccccc1)c1ccc(OC)cc1. The maximum atomic E-state index is 11.9. The zero-order valence-corrected chi connectivity index (χ0v) is 12.2. The van der Waals surface area contributed by atoms with Gasteiger partial charge in [0.2, 0.25) is 5.91 Å². The van der Waals surface area contributed by atoms with Crippen LogP contribution in [0.15, 0.2) is 54.6 Å². The summed E-state index contributed by atoms with van der Waals surface area (Å²) in [5.41, 5.74) is 4.53. The summed E-state index contributed by atoms with van der Waals surface area (Å²) >= 11 is 0. The van der Waals surface area contributed by atoms with E-state index in [-0.39, 0.29) is 11.8 Å². The molecule has 0 heterocycles. The maximum absolute atomic E-state index is 11.9. The second-order valence-corrected chi connectivity index (χ2v) is 4.67. The molecule has 0 saturated heterocycles. The molecule has 0 aliphatic rings. The normalized spacial score (nSPS) is 11.7. The summed E-state index contributed by atoms with van der Waals surface area (Å²) in [4.78, 5) is 16.6. The molecule has 0 aliphatic heterocycles. The first-order valence-electron chi connectivity index (χ1n) is 6.75. The van der Waals surface area contributed by atoms with E-state index in [0.717, 1.165) is 16.9 Å². The van der Waals surface area contributed by atoms with E-state index >= 15 is 0 Å². The Labute approximate surface area is 124 Å². The number of benzene rings is 2. The Morgan fingerprint density at radius 1 is 1.00 bits per heavy atom. The van der Waals surface area contributed by atoms with Gasteiger partial charge in [0.05, 0.1) is 14.2 Å². The first-order chi connectivity index (χ1) is 10.2. The molecule has 0 bridgehead atoms. The molecule has 0 aromatic heterocycles. The van der Waals surface area contributed by atoms with Crippen LogP contribution in [0.5, 0.6) is 5.75 Å². The van der Waals surface area contributed by atoms with Crippen molar-refractivity contribution in [1.82, 2.24) is 5.48 Å². The molecule has 0 spiro atoms. The molecule has 0 saturated carbocycles. The minimum absolute atomic E-state index is 0.0211. The van der Waals surface area contributed by atoms with E-state index in [1.807, 2.05) is 54.6 Å². The number of ether oxygens (including phenoxy) is 1. The van der Waals surface area contributed by atoms with Crippen molar-refractivity contribution in [1.29, 1.82) is 0 Å². The molecule has 110 valence electrons. The van der Waals surface area contributed by atoms with Crippen LogP contribution in [-0.4, -0.2) is 20.1 Å². The monoisotopic (exact) mass is 285 g/mol. The van der Waals surface area contributed by atoms with E-state index in [1.54, 1.807) is 7.11 Å². The maximum Gasteiger partial charge on any atom is 0.244 e. The Morgan fingerprint density at radius 2 is 1.62 bits per heavy atom. The van der Waals surface area contributed by atoms with Gasteiger partial charge in [0.1, 0.15) is 5.75 Å². The molecule has 1 atom stereocenters. The van der Waals surface area contributed by atoms with Crippen molar-refractivity contribution in [2.24, 2.45) is 0 Å². The first kappa shape index (κ1) is 15.1. The average Bonchev–Trinajstić information content (AvgIpc) is 2.54. The molecular formula is C17H19NO3. The van der Waals surface area contributed by atoms with Gasteiger partial charge in [0, 0.05) is 12.3 Å². The second kappa shape index (κ2) is 7.45. The molecule has 1 unspecified atom stereocenters. The standard InChI is InChI=1S/C17H19NO3/c1-20-15-10-8-14(9-11-15)16(12-17(19)18-21-2)13-6-4-3-5-7-13/h3-11,16H,12H2,1-2H3,(H,18,19). The highest BCUT2D eigenvalue weighted by Crippen LogP contribution is 2.29. The zero-order chi connectivity index (χ0) is 15.1. The summed E-state index contributed by atoms with van der Waals surface area (Å²) in [6.07, 6.45) is 0.324. The van der Waals surface area contributed by atoms with Gasteiger partial charge < -0.3 is 4.74 Å². The van der Waals surface area contributed by atoms with Crippen molar-refractivity contribution in [3.8, 4) is 5.75 Å². The van der Waals surface area contributed by atoms with Crippen LogP contribution in [0.3, 0.4) is 0 Å². The molecular weight excluding hydrogens is 266 g/mol. The fourth-order valence-corrected chi connectivity index (χ4v) is 2.29. The van der Waals surface area contributed by atoms with Gasteiger partial charge in [-0.25, -0.2) is 5.48 Å². The zero-order valence-electron chi connectivity index (χ0n) is 12.2. The molecule has 2 rings (SSSR count). The molecule has 2 aromatic carbocycles. The minimum atomic E-state index is -0.151. The van der Waals surface area contributed by atoms with Crippen LogP contribution in [0.2, 0.25) is 0 Å². The van der Waals surface area contributed by atoms with Crippen molar-refractivity contribution in [2.75, 3.05) is 14.2 Å². The number of methoxy groups -OCH3 is 1. The van der Waals surface area contributed by atoms with Gasteiger partial charge in [-0.15, -0.1) is 0 Å². The Morgan fingerprint density at radius 3 is 2.19 bits per heavy atom. The average molecular weight is 285 g/mol. The van der Waals surface area contributed by atoms with Gasteiger partial charge in [-0.3, -0.25) is 9.63 Å². The van der Waals surface area contributed by atoms with Crippen LogP contribution in [0.4, 0.5) is 0 Å². The quantitative estimate of drug-likeness (QED) is 0.830. The third-order valence-electron chi connectivity index (χ3n) is 3.33. The van der Waals surface area contributed by atoms with Gasteiger partial charge >= 0.3 is 0 Å². The van der Waals surface area contributed by atoms with Crippen molar-refractivity contribution < 1.29 is 14.4 Å². The largest absolute Gasteiger partial charge is 0.497 e. The molecule has 1 amide bonds. The second-order valence-electron chi connectivity index (χ2n) is 4.67. The van der Waals surface area contributed by atoms with Crippen molar-refractivity contribution in [2.45, 2.75) is 12.3 Å². The lowest BCUT2D eigenvalue weighted by atomic mass is 9.88. The van der Waals surface area contributed by atoms with Gasteiger partial charge in [0.25, 0.3) is 0 Å². The van der Waals surface area contributed by atoms with Crippen molar-refractivity contribution in [3.05, 3.63) is 65.7 Å². The summed E-state index contributed by atoms with van der Waals surface area (Å²) in [5, 5.41) is 0. The minimum Gasteiger partial charge on any atom is -0.497 e. The summed E-state index contributed by atoms with van der Waals surface area (Å²) in [7, 11) is 3.07. The van der Waals surface area contributed by atoms with Gasteiger partial charge in [0.15, 0.2) is 0 Å². The molecule has 4 heteroatoms. The van der Waals surface area contributed by atoms with Crippen LogP contribution in [-0.2, 0) is 9.63 Å². The smallest absolute Gasteiger partial charge is 0.244 e. The Bertz CT molecular complexity index is 566. The first-order valence-corrected chi connectivity index (χ1v) is 6.75. The highest BCUT2D eigenvalue weighted by atomic mass is 16.6. The van der Waals surface area contributed by atoms with Crippen LogP contribution in [0.1, 0.15) is 23.5 Å². The third-order valence-corrected chi connectivity index (χ3v) is 3.33. The summed E-state index contributed by atoms with van der Waals surface area (Å²) in [6, 6.07) is 17.7. The molecule has 4 nitrogen and oxygen atoms in total. The highest BCUT2D eigenvalue weighted by molar-refractivity contribution is 5.76. The summed E-state index contributed by atoms with van der Waals surface area (Å²) in [6.45, 7) is 0. The van der Waals surface area contributed by atoms with Crippen LogP contribution in [0.25, 0.3) is 0 Å². The number of carbonyl (C=O) groups is 1. The van der Waals surface area contributed by atoms with E-state index in [9.17, 15) is 4.79 Å². The van der Waals surface area contributed by atoms with Crippen molar-refractivity contribution >= 4 is 5.91 Å². The van der Waals surface area contributed by atoms with Gasteiger partial charge in [-0.2, -0.15) is 0 Å². The number of nitrogens with one attached hydrogen (secondary N) is 1. The molecule has 1 N–H and O–H groups in total.